The molecule has 2 aromatic rings. The molecule has 0 aromatic heterocycles. The van der Waals surface area contributed by atoms with Crippen LogP contribution in [0.5, 0.6) is 0 Å². The Hall–Kier alpha value is -1.41. The van der Waals surface area contributed by atoms with Gasteiger partial charge in [0, 0.05) is 15.2 Å². The average molecular weight is 432 g/mol. The highest BCUT2D eigenvalue weighted by molar-refractivity contribution is 9.10. The first-order valence-corrected chi connectivity index (χ1v) is 9.69. The van der Waals surface area contributed by atoms with Gasteiger partial charge in [-0.2, -0.15) is 4.72 Å². The summed E-state index contributed by atoms with van der Waals surface area (Å²) in [6, 6.07) is 10.3. The first-order chi connectivity index (χ1) is 11.2. The minimum absolute atomic E-state index is 0.0908. The number of amides is 1. The van der Waals surface area contributed by atoms with Crippen molar-refractivity contribution in [2.24, 2.45) is 0 Å². The summed E-state index contributed by atoms with van der Waals surface area (Å²) in [5, 5.41) is 3.25. The van der Waals surface area contributed by atoms with E-state index >= 15 is 0 Å². The van der Waals surface area contributed by atoms with Crippen molar-refractivity contribution in [3.63, 3.8) is 0 Å². The van der Waals surface area contributed by atoms with Crippen molar-refractivity contribution in [2.45, 2.75) is 24.8 Å². The first kappa shape index (κ1) is 18.9. The Balaban J connectivity index is 2.09. The van der Waals surface area contributed by atoms with Gasteiger partial charge in [-0.15, -0.1) is 0 Å². The van der Waals surface area contributed by atoms with E-state index in [2.05, 4.69) is 26.0 Å². The highest BCUT2D eigenvalue weighted by atomic mass is 79.9. The van der Waals surface area contributed by atoms with E-state index in [0.29, 0.717) is 10.7 Å². The molecule has 0 aliphatic rings. The third-order valence-electron chi connectivity index (χ3n) is 3.30. The number of anilines is 1. The topological polar surface area (TPSA) is 75.3 Å². The van der Waals surface area contributed by atoms with Crippen molar-refractivity contribution >= 4 is 49.1 Å². The quantitative estimate of drug-likeness (QED) is 0.757. The number of sulfonamides is 1. The highest BCUT2D eigenvalue weighted by Crippen LogP contribution is 2.20. The number of hydrogen-bond acceptors (Lipinski definition) is 3. The Labute approximate surface area is 154 Å². The molecule has 2 rings (SSSR count). The van der Waals surface area contributed by atoms with E-state index in [1.807, 2.05) is 0 Å². The highest BCUT2D eigenvalue weighted by Gasteiger charge is 2.22. The summed E-state index contributed by atoms with van der Waals surface area (Å²) in [6.07, 6.45) is 0. The van der Waals surface area contributed by atoms with E-state index in [4.69, 9.17) is 11.6 Å². The smallest absolute Gasteiger partial charge is 0.242 e. The predicted octanol–water partition coefficient (Wildman–Crippen LogP) is 3.72. The monoisotopic (exact) mass is 430 g/mol. The lowest BCUT2D eigenvalue weighted by Crippen LogP contribution is -2.41. The zero-order chi connectivity index (χ0) is 17.9. The van der Waals surface area contributed by atoms with Gasteiger partial charge in [-0.3, -0.25) is 4.79 Å². The number of benzene rings is 2. The molecule has 0 spiro atoms. The van der Waals surface area contributed by atoms with Gasteiger partial charge < -0.3 is 5.32 Å². The molecule has 128 valence electrons. The summed E-state index contributed by atoms with van der Waals surface area (Å²) in [6.45, 7) is 3.29. The summed E-state index contributed by atoms with van der Waals surface area (Å²) >= 11 is 9.12. The van der Waals surface area contributed by atoms with Crippen LogP contribution in [0.15, 0.2) is 51.8 Å². The molecule has 1 amide bonds. The van der Waals surface area contributed by atoms with Crippen LogP contribution < -0.4 is 10.0 Å². The van der Waals surface area contributed by atoms with Crippen molar-refractivity contribution in [1.29, 1.82) is 0 Å². The van der Waals surface area contributed by atoms with Crippen molar-refractivity contribution in [3.8, 4) is 0 Å². The van der Waals surface area contributed by atoms with Gasteiger partial charge in [0.1, 0.15) is 0 Å². The normalized spacial score (nSPS) is 12.7. The van der Waals surface area contributed by atoms with E-state index in [0.717, 1.165) is 10.0 Å². The van der Waals surface area contributed by atoms with Gasteiger partial charge in [-0.25, -0.2) is 8.42 Å². The van der Waals surface area contributed by atoms with Gasteiger partial charge in [0.05, 0.1) is 10.9 Å². The summed E-state index contributed by atoms with van der Waals surface area (Å²) in [5.41, 5.74) is 1.37. The number of carbonyl (C=O) groups is 1. The summed E-state index contributed by atoms with van der Waals surface area (Å²) in [5.74, 6) is -0.457. The van der Waals surface area contributed by atoms with E-state index < -0.39 is 22.0 Å². The third-order valence-corrected chi connectivity index (χ3v) is 5.62. The van der Waals surface area contributed by atoms with E-state index in [1.54, 1.807) is 37.3 Å². The Morgan fingerprint density at radius 2 is 1.79 bits per heavy atom. The number of nitrogens with one attached hydrogen (secondary N) is 2. The molecule has 2 N–H and O–H groups in total. The number of rotatable bonds is 5. The fourth-order valence-corrected chi connectivity index (χ4v) is 3.67. The van der Waals surface area contributed by atoms with Gasteiger partial charge in [0.25, 0.3) is 0 Å². The minimum Gasteiger partial charge on any atom is -0.324 e. The number of carbonyl (C=O) groups excluding carboxylic acids is 1. The predicted molar refractivity (Wildman–Crippen MR) is 98.7 cm³/mol. The molecular weight excluding hydrogens is 416 g/mol. The summed E-state index contributed by atoms with van der Waals surface area (Å²) in [7, 11) is -3.78. The zero-order valence-electron chi connectivity index (χ0n) is 13.0. The van der Waals surface area contributed by atoms with Crippen molar-refractivity contribution in [3.05, 3.63) is 57.5 Å². The lowest BCUT2D eigenvalue weighted by molar-refractivity contribution is -0.117. The molecule has 1 atom stereocenters. The van der Waals surface area contributed by atoms with Crippen molar-refractivity contribution < 1.29 is 13.2 Å². The molecule has 24 heavy (non-hydrogen) atoms. The Bertz CT molecular complexity index is 854. The van der Waals surface area contributed by atoms with Crippen LogP contribution in [0.4, 0.5) is 5.69 Å². The van der Waals surface area contributed by atoms with Gasteiger partial charge in [-0.1, -0.05) is 27.5 Å². The Kier molecular flexibility index (Phi) is 6.03. The zero-order valence-corrected chi connectivity index (χ0v) is 16.2. The first-order valence-electron chi connectivity index (χ1n) is 7.04. The summed E-state index contributed by atoms with van der Waals surface area (Å²) in [4.78, 5) is 12.3. The molecule has 0 radical (unpaired) electrons. The average Bonchev–Trinajstić information content (AvgIpc) is 2.50. The molecule has 0 aliphatic heterocycles. The number of aryl methyl sites for hydroxylation is 1. The lowest BCUT2D eigenvalue weighted by atomic mass is 10.2. The van der Waals surface area contributed by atoms with Gasteiger partial charge in [0.15, 0.2) is 0 Å². The van der Waals surface area contributed by atoms with Gasteiger partial charge in [-0.05, 0) is 61.9 Å². The lowest BCUT2D eigenvalue weighted by Gasteiger charge is -2.15. The fraction of sp³-hybridized carbons (Fsp3) is 0.188. The number of hydrogen-bond donors (Lipinski definition) is 2. The molecule has 0 saturated heterocycles. The number of halogens is 2. The van der Waals surface area contributed by atoms with Gasteiger partial charge >= 0.3 is 0 Å². The van der Waals surface area contributed by atoms with Crippen LogP contribution in [0.25, 0.3) is 0 Å². The molecule has 0 aliphatic carbocycles. The SMILES string of the molecule is Cc1cc(Cl)ccc1NC(=O)C(C)NS(=O)(=O)c1ccc(Br)cc1. The van der Waals surface area contributed by atoms with Crippen LogP contribution >= 0.6 is 27.5 Å². The second-order valence-electron chi connectivity index (χ2n) is 5.25. The Morgan fingerprint density at radius 1 is 1.17 bits per heavy atom. The molecule has 8 heteroatoms. The van der Waals surface area contributed by atoms with E-state index in [-0.39, 0.29) is 4.90 Å². The minimum atomic E-state index is -3.78. The molecule has 2 aromatic carbocycles. The molecule has 0 saturated carbocycles. The van der Waals surface area contributed by atoms with E-state index in [1.165, 1.54) is 19.1 Å². The molecular formula is C16H16BrClN2O3S. The van der Waals surface area contributed by atoms with Crippen LogP contribution in [0, 0.1) is 6.92 Å². The van der Waals surface area contributed by atoms with Crippen LogP contribution in [-0.4, -0.2) is 20.4 Å². The van der Waals surface area contributed by atoms with Crippen molar-refractivity contribution in [1.82, 2.24) is 4.72 Å². The van der Waals surface area contributed by atoms with Crippen LogP contribution in [0.2, 0.25) is 5.02 Å². The van der Waals surface area contributed by atoms with Crippen molar-refractivity contribution in [2.75, 3.05) is 5.32 Å². The maximum Gasteiger partial charge on any atom is 0.242 e. The van der Waals surface area contributed by atoms with Crippen LogP contribution in [-0.2, 0) is 14.8 Å². The molecule has 1 unspecified atom stereocenters. The maximum absolute atomic E-state index is 12.3. The second kappa shape index (κ2) is 7.65. The molecule has 5 nitrogen and oxygen atoms in total. The van der Waals surface area contributed by atoms with Crippen LogP contribution in [0.3, 0.4) is 0 Å². The molecule has 0 bridgehead atoms. The molecule has 0 heterocycles. The standard InChI is InChI=1S/C16H16BrClN2O3S/c1-10-9-13(18)5-8-15(10)19-16(21)11(2)20-24(22,23)14-6-3-12(17)4-7-14/h3-9,11,20H,1-2H3,(H,19,21). The third kappa shape index (κ3) is 4.80. The van der Waals surface area contributed by atoms with Crippen LogP contribution in [0.1, 0.15) is 12.5 Å². The summed E-state index contributed by atoms with van der Waals surface area (Å²) < 4.78 is 27.7. The maximum atomic E-state index is 12.3. The molecule has 0 fully saturated rings. The largest absolute Gasteiger partial charge is 0.324 e. The fourth-order valence-electron chi connectivity index (χ4n) is 1.98. The van der Waals surface area contributed by atoms with E-state index in [9.17, 15) is 13.2 Å². The Morgan fingerprint density at radius 3 is 2.38 bits per heavy atom. The van der Waals surface area contributed by atoms with Gasteiger partial charge in [0.2, 0.25) is 15.9 Å². The second-order valence-corrected chi connectivity index (χ2v) is 8.31.